The van der Waals surface area contributed by atoms with Crippen molar-refractivity contribution in [1.82, 2.24) is 0 Å². The minimum absolute atomic E-state index is 0.0204. The number of carboxylic acids is 1. The van der Waals surface area contributed by atoms with E-state index in [1.807, 2.05) is 6.07 Å². The van der Waals surface area contributed by atoms with E-state index in [9.17, 15) is 20.0 Å². The molecule has 10 heteroatoms. The fraction of sp³-hybridized carbons (Fsp3) is 0.240. The number of nitro groups is 1. The lowest BCUT2D eigenvalue weighted by Gasteiger charge is -2.38. The third-order valence-electron chi connectivity index (χ3n) is 6.70. The number of hydrogen-bond acceptors (Lipinski definition) is 5. The number of thioether (sulfide) groups is 1. The Kier molecular flexibility index (Phi) is 6.61. The molecule has 1 aliphatic heterocycles. The molecule has 2 aliphatic rings. The van der Waals surface area contributed by atoms with Crippen LogP contribution in [0.2, 0.25) is 10.0 Å². The average Bonchev–Trinajstić information content (AvgIpc) is 3.15. The number of anilines is 1. The summed E-state index contributed by atoms with van der Waals surface area (Å²) >= 11 is 21.2. The highest BCUT2D eigenvalue weighted by Gasteiger charge is 2.50. The van der Waals surface area contributed by atoms with E-state index in [-0.39, 0.29) is 44.7 Å². The summed E-state index contributed by atoms with van der Waals surface area (Å²) < 4.78 is 0. The molecule has 35 heavy (non-hydrogen) atoms. The molecule has 1 heterocycles. The topological polar surface area (TPSA) is 92.5 Å². The quantitative estimate of drug-likeness (QED) is 0.193. The smallest absolute Gasteiger partial charge is 0.335 e. The van der Waals surface area contributed by atoms with E-state index in [2.05, 4.69) is 5.32 Å². The Morgan fingerprint density at radius 2 is 1.86 bits per heavy atom. The lowest BCUT2D eigenvalue weighted by molar-refractivity contribution is -0.387. The van der Waals surface area contributed by atoms with E-state index in [0.29, 0.717) is 21.4 Å². The fourth-order valence-corrected chi connectivity index (χ4v) is 7.65. The van der Waals surface area contributed by atoms with E-state index in [1.54, 1.807) is 48.5 Å². The molecule has 1 saturated carbocycles. The first-order valence-corrected chi connectivity index (χ1v) is 12.9. The van der Waals surface area contributed by atoms with Crippen LogP contribution in [0.25, 0.3) is 0 Å². The minimum Gasteiger partial charge on any atom is -0.478 e. The first-order valence-electron chi connectivity index (χ1n) is 10.9. The van der Waals surface area contributed by atoms with Gasteiger partial charge < -0.3 is 10.4 Å². The number of aromatic carboxylic acids is 1. The number of fused-ring (bicyclic) bond motifs is 3. The van der Waals surface area contributed by atoms with Gasteiger partial charge in [0.1, 0.15) is 0 Å². The largest absolute Gasteiger partial charge is 0.478 e. The summed E-state index contributed by atoms with van der Waals surface area (Å²) in [5.74, 6) is -1.21. The molecule has 6 nitrogen and oxygen atoms in total. The minimum atomic E-state index is -1.01. The van der Waals surface area contributed by atoms with Crippen LogP contribution in [0.3, 0.4) is 0 Å². The van der Waals surface area contributed by atoms with E-state index < -0.39 is 5.97 Å². The first-order chi connectivity index (χ1) is 16.7. The summed E-state index contributed by atoms with van der Waals surface area (Å²) in [6, 6.07) is 16.8. The number of benzene rings is 3. The standard InChI is InChI=1S/C25H19Cl3N2O4S/c26-13-6-7-14(17(27)10-13)24-16-11-21(35-20-4-2-1-3-19(20)30(33)34)23(28)22(16)15-9-12(25(31)32)5-8-18(15)29-24/h1-10,16,21-24,29H,11H2,(H,31,32)/t16-,21-,22-,23-,24-/m0/s1. The molecule has 0 unspecified atom stereocenters. The number of alkyl halides is 1. The highest BCUT2D eigenvalue weighted by Crippen LogP contribution is 2.58. The summed E-state index contributed by atoms with van der Waals surface area (Å²) in [6.07, 6.45) is 0.656. The molecule has 0 spiro atoms. The van der Waals surface area contributed by atoms with Crippen LogP contribution in [0.5, 0.6) is 0 Å². The zero-order chi connectivity index (χ0) is 24.9. The van der Waals surface area contributed by atoms with Crippen LogP contribution in [0, 0.1) is 16.0 Å². The van der Waals surface area contributed by atoms with E-state index in [4.69, 9.17) is 34.8 Å². The zero-order valence-corrected chi connectivity index (χ0v) is 21.1. The molecule has 0 amide bonds. The molecular formula is C25H19Cl3N2O4S. The number of hydrogen-bond donors (Lipinski definition) is 2. The number of para-hydroxylation sites is 1. The van der Waals surface area contributed by atoms with Crippen LogP contribution in [-0.2, 0) is 0 Å². The Labute approximate surface area is 220 Å². The van der Waals surface area contributed by atoms with Crippen molar-refractivity contribution in [3.63, 3.8) is 0 Å². The SMILES string of the molecule is O=C(O)c1ccc2c(c1)[C@@H]1[C@@H](Cl)[C@@H](Sc3ccccc3[N+](=O)[O-])C[C@@H]1[C@H](c1ccc(Cl)cc1Cl)N2. The van der Waals surface area contributed by atoms with Crippen molar-refractivity contribution >= 4 is 63.9 Å². The summed E-state index contributed by atoms with van der Waals surface area (Å²) in [5.41, 5.74) is 2.74. The monoisotopic (exact) mass is 548 g/mol. The number of carbonyl (C=O) groups is 1. The van der Waals surface area contributed by atoms with Crippen LogP contribution in [0.4, 0.5) is 11.4 Å². The lowest BCUT2D eigenvalue weighted by atomic mass is 9.77. The van der Waals surface area contributed by atoms with Crippen molar-refractivity contribution in [3.05, 3.63) is 97.5 Å². The van der Waals surface area contributed by atoms with Gasteiger partial charge in [-0.2, -0.15) is 0 Å². The predicted octanol–water partition coefficient (Wildman–Crippen LogP) is 7.64. The molecule has 5 rings (SSSR count). The fourth-order valence-electron chi connectivity index (χ4n) is 5.18. The number of nitrogens with one attached hydrogen (secondary N) is 1. The van der Waals surface area contributed by atoms with Crippen molar-refractivity contribution in [1.29, 1.82) is 0 Å². The summed E-state index contributed by atoms with van der Waals surface area (Å²) in [4.78, 5) is 23.4. The molecular weight excluding hydrogens is 531 g/mol. The van der Waals surface area contributed by atoms with Crippen LogP contribution in [0.15, 0.2) is 65.6 Å². The molecule has 2 N–H and O–H groups in total. The van der Waals surface area contributed by atoms with E-state index in [0.717, 1.165) is 16.8 Å². The second kappa shape index (κ2) is 9.54. The molecule has 0 saturated heterocycles. The Hall–Kier alpha value is -2.45. The summed E-state index contributed by atoms with van der Waals surface area (Å²) in [5, 5.41) is 25.2. The second-order valence-electron chi connectivity index (χ2n) is 8.65. The number of carboxylic acid groups (broad SMARTS) is 1. The molecule has 1 fully saturated rings. The van der Waals surface area contributed by atoms with Crippen molar-refractivity contribution < 1.29 is 14.8 Å². The van der Waals surface area contributed by atoms with Crippen molar-refractivity contribution in [2.24, 2.45) is 5.92 Å². The molecule has 3 aromatic rings. The average molecular weight is 550 g/mol. The van der Waals surface area contributed by atoms with Gasteiger partial charge in [0, 0.05) is 33.0 Å². The van der Waals surface area contributed by atoms with Crippen molar-refractivity contribution in [2.75, 3.05) is 5.32 Å². The molecule has 3 aromatic carbocycles. The normalized spacial score (nSPS) is 24.8. The van der Waals surface area contributed by atoms with Gasteiger partial charge in [-0.25, -0.2) is 4.79 Å². The van der Waals surface area contributed by atoms with Crippen molar-refractivity contribution in [3.8, 4) is 0 Å². The lowest BCUT2D eigenvalue weighted by Crippen LogP contribution is -2.31. The van der Waals surface area contributed by atoms with Gasteiger partial charge in [0.25, 0.3) is 5.69 Å². The highest BCUT2D eigenvalue weighted by atomic mass is 35.5. The van der Waals surface area contributed by atoms with Gasteiger partial charge in [-0.3, -0.25) is 10.1 Å². The van der Waals surface area contributed by atoms with Crippen LogP contribution < -0.4 is 5.32 Å². The Balaban J connectivity index is 1.58. The van der Waals surface area contributed by atoms with Crippen LogP contribution >= 0.6 is 46.6 Å². The maximum atomic E-state index is 11.7. The Morgan fingerprint density at radius 3 is 2.57 bits per heavy atom. The Bertz CT molecular complexity index is 1340. The summed E-state index contributed by atoms with van der Waals surface area (Å²) in [7, 11) is 0. The maximum absolute atomic E-state index is 11.7. The zero-order valence-electron chi connectivity index (χ0n) is 18.0. The van der Waals surface area contributed by atoms with Gasteiger partial charge >= 0.3 is 5.97 Å². The van der Waals surface area contributed by atoms with Gasteiger partial charge in [0.2, 0.25) is 0 Å². The highest BCUT2D eigenvalue weighted by molar-refractivity contribution is 8.00. The van der Waals surface area contributed by atoms with E-state index in [1.165, 1.54) is 17.8 Å². The molecule has 0 radical (unpaired) electrons. The maximum Gasteiger partial charge on any atom is 0.335 e. The van der Waals surface area contributed by atoms with Gasteiger partial charge in [-0.1, -0.05) is 41.4 Å². The van der Waals surface area contributed by atoms with Crippen molar-refractivity contribution in [2.45, 2.75) is 33.9 Å². The second-order valence-corrected chi connectivity index (χ2v) is 11.3. The number of halogens is 3. The molecule has 1 aliphatic carbocycles. The van der Waals surface area contributed by atoms with Gasteiger partial charge in [0.05, 0.1) is 26.8 Å². The molecule has 5 atom stereocenters. The first kappa shape index (κ1) is 24.3. The van der Waals surface area contributed by atoms with Gasteiger partial charge in [-0.15, -0.1) is 23.4 Å². The number of rotatable bonds is 5. The third-order valence-corrected chi connectivity index (χ3v) is 9.37. The number of nitrogens with zero attached hydrogens (tertiary/aromatic N) is 1. The van der Waals surface area contributed by atoms with Gasteiger partial charge in [0.15, 0.2) is 0 Å². The van der Waals surface area contributed by atoms with E-state index >= 15 is 0 Å². The third kappa shape index (κ3) is 4.47. The van der Waals surface area contributed by atoms with Crippen LogP contribution in [-0.4, -0.2) is 26.6 Å². The molecule has 0 aromatic heterocycles. The Morgan fingerprint density at radius 1 is 1.09 bits per heavy atom. The molecule has 0 bridgehead atoms. The summed E-state index contributed by atoms with van der Waals surface area (Å²) in [6.45, 7) is 0. The number of nitro benzene ring substituents is 1. The van der Waals surface area contributed by atoms with Crippen LogP contribution in [0.1, 0.15) is 39.9 Å². The predicted molar refractivity (Wildman–Crippen MR) is 139 cm³/mol. The molecule has 180 valence electrons. The van der Waals surface area contributed by atoms with Gasteiger partial charge in [-0.05, 0) is 59.9 Å².